The molecule has 1 fully saturated rings. The van der Waals surface area contributed by atoms with Crippen LogP contribution in [-0.4, -0.2) is 15.6 Å². The molecule has 74 valence electrons. The molecule has 0 saturated heterocycles. The molecule has 1 aromatic heterocycles. The smallest absolute Gasteiger partial charge is 0.169 e. The van der Waals surface area contributed by atoms with Crippen LogP contribution in [-0.2, 0) is 13.5 Å². The zero-order valence-corrected chi connectivity index (χ0v) is 8.58. The van der Waals surface area contributed by atoms with Gasteiger partial charge in [-0.25, -0.2) is 0 Å². The summed E-state index contributed by atoms with van der Waals surface area (Å²) < 4.78 is 1.92. The molecule has 0 spiro atoms. The number of aryl methyl sites for hydroxylation is 1. The Bertz CT molecular complexity index is 415. The van der Waals surface area contributed by atoms with Gasteiger partial charge in [-0.1, -0.05) is 6.92 Å². The van der Waals surface area contributed by atoms with E-state index in [1.54, 1.807) is 0 Å². The maximum absolute atomic E-state index is 11.9. The highest BCUT2D eigenvalue weighted by Gasteiger charge is 2.39. The molecule has 0 aromatic carbocycles. The monoisotopic (exact) mass is 190 g/mol. The number of carbonyl (C=O) groups is 1. The van der Waals surface area contributed by atoms with E-state index in [1.165, 1.54) is 18.5 Å². The fourth-order valence-electron chi connectivity index (χ4n) is 2.46. The van der Waals surface area contributed by atoms with E-state index in [1.807, 2.05) is 18.7 Å². The Balaban J connectivity index is 2.17. The van der Waals surface area contributed by atoms with Gasteiger partial charge in [-0.15, -0.1) is 0 Å². The van der Waals surface area contributed by atoms with Gasteiger partial charge in [-0.3, -0.25) is 9.48 Å². The number of ketones is 1. The number of aromatic nitrogens is 2. The van der Waals surface area contributed by atoms with E-state index in [4.69, 9.17) is 0 Å². The van der Waals surface area contributed by atoms with Gasteiger partial charge in [0.2, 0.25) is 0 Å². The summed E-state index contributed by atoms with van der Waals surface area (Å²) in [6.07, 6.45) is 3.30. The lowest BCUT2D eigenvalue weighted by molar-refractivity contribution is 0.0944. The average Bonchev–Trinajstić information content (AvgIpc) is 2.85. The van der Waals surface area contributed by atoms with Crippen LogP contribution in [0.1, 0.15) is 47.4 Å². The Morgan fingerprint density at radius 1 is 1.43 bits per heavy atom. The maximum atomic E-state index is 11.9. The highest BCUT2D eigenvalue weighted by Crippen LogP contribution is 2.44. The number of nitrogens with zero attached hydrogens (tertiary/aromatic N) is 2. The zero-order valence-electron chi connectivity index (χ0n) is 8.58. The lowest BCUT2D eigenvalue weighted by atomic mass is 10.1. The van der Waals surface area contributed by atoms with Gasteiger partial charge >= 0.3 is 0 Å². The molecule has 0 N–H and O–H groups in total. The summed E-state index contributed by atoms with van der Waals surface area (Å²) in [7, 11) is 1.96. The molecule has 1 unspecified atom stereocenters. The molecule has 2 aliphatic carbocycles. The van der Waals surface area contributed by atoms with E-state index in [2.05, 4.69) is 5.10 Å². The average molecular weight is 190 g/mol. The SMILES string of the molecule is CC1Cc2nn(C)c(C3CC3)c2C1=O. The van der Waals surface area contributed by atoms with Crippen LogP contribution in [0.5, 0.6) is 0 Å². The highest BCUT2D eigenvalue weighted by molar-refractivity contribution is 6.02. The fourth-order valence-corrected chi connectivity index (χ4v) is 2.46. The second-order valence-electron chi connectivity index (χ2n) is 4.57. The van der Waals surface area contributed by atoms with Crippen molar-refractivity contribution in [3.63, 3.8) is 0 Å². The molecule has 1 saturated carbocycles. The fraction of sp³-hybridized carbons (Fsp3) is 0.636. The lowest BCUT2D eigenvalue weighted by Crippen LogP contribution is -2.09. The molecule has 0 amide bonds. The van der Waals surface area contributed by atoms with Crippen LogP contribution in [0.2, 0.25) is 0 Å². The van der Waals surface area contributed by atoms with Gasteiger partial charge in [0.25, 0.3) is 0 Å². The summed E-state index contributed by atoms with van der Waals surface area (Å²) in [5.74, 6) is 1.09. The zero-order chi connectivity index (χ0) is 9.87. The van der Waals surface area contributed by atoms with Crippen molar-refractivity contribution in [3.8, 4) is 0 Å². The van der Waals surface area contributed by atoms with Crippen LogP contribution in [0, 0.1) is 5.92 Å². The molecule has 0 radical (unpaired) electrons. The summed E-state index contributed by atoms with van der Waals surface area (Å²) in [5, 5.41) is 4.45. The highest BCUT2D eigenvalue weighted by atomic mass is 16.1. The van der Waals surface area contributed by atoms with Gasteiger partial charge in [0.15, 0.2) is 5.78 Å². The second-order valence-corrected chi connectivity index (χ2v) is 4.57. The molecule has 2 aliphatic rings. The molecule has 0 aliphatic heterocycles. The van der Waals surface area contributed by atoms with Crippen LogP contribution in [0.4, 0.5) is 0 Å². The van der Waals surface area contributed by atoms with Gasteiger partial charge in [0.1, 0.15) is 0 Å². The van der Waals surface area contributed by atoms with Crippen molar-refractivity contribution in [2.75, 3.05) is 0 Å². The summed E-state index contributed by atoms with van der Waals surface area (Å²) in [4.78, 5) is 11.9. The normalized spacial score (nSPS) is 25.6. The van der Waals surface area contributed by atoms with Crippen molar-refractivity contribution >= 4 is 5.78 Å². The topological polar surface area (TPSA) is 34.9 Å². The maximum Gasteiger partial charge on any atom is 0.169 e. The summed E-state index contributed by atoms with van der Waals surface area (Å²) >= 11 is 0. The molecule has 3 rings (SSSR count). The Morgan fingerprint density at radius 3 is 2.79 bits per heavy atom. The minimum absolute atomic E-state index is 0.159. The van der Waals surface area contributed by atoms with Crippen molar-refractivity contribution in [2.45, 2.75) is 32.1 Å². The molecular formula is C11H14N2O. The molecule has 3 heteroatoms. The first kappa shape index (κ1) is 8.21. The van der Waals surface area contributed by atoms with Crippen LogP contribution in [0.15, 0.2) is 0 Å². The number of Topliss-reactive ketones (excluding diaryl/α,β-unsaturated/α-hetero) is 1. The molecule has 1 aromatic rings. The number of rotatable bonds is 1. The largest absolute Gasteiger partial charge is 0.294 e. The van der Waals surface area contributed by atoms with Gasteiger partial charge in [0.05, 0.1) is 17.0 Å². The standard InChI is InChI=1S/C11H14N2O/c1-6-5-8-9(11(6)14)10(7-3-4-7)13(2)12-8/h6-7H,3-5H2,1-2H3. The van der Waals surface area contributed by atoms with E-state index >= 15 is 0 Å². The summed E-state index contributed by atoms with van der Waals surface area (Å²) in [6, 6.07) is 0. The Hall–Kier alpha value is -1.12. The van der Waals surface area contributed by atoms with E-state index in [-0.39, 0.29) is 5.92 Å². The van der Waals surface area contributed by atoms with Crippen LogP contribution in [0.3, 0.4) is 0 Å². The predicted molar refractivity (Wildman–Crippen MR) is 52.4 cm³/mol. The first-order chi connectivity index (χ1) is 6.68. The van der Waals surface area contributed by atoms with Crippen molar-refractivity contribution in [3.05, 3.63) is 17.0 Å². The van der Waals surface area contributed by atoms with Crippen LogP contribution < -0.4 is 0 Å². The minimum atomic E-state index is 0.159. The van der Waals surface area contributed by atoms with Crippen molar-refractivity contribution in [1.29, 1.82) is 0 Å². The third-order valence-corrected chi connectivity index (χ3v) is 3.32. The van der Waals surface area contributed by atoms with Crippen LogP contribution >= 0.6 is 0 Å². The Kier molecular flexibility index (Phi) is 1.45. The van der Waals surface area contributed by atoms with Crippen LogP contribution in [0.25, 0.3) is 0 Å². The van der Waals surface area contributed by atoms with Gasteiger partial charge in [0, 0.05) is 25.3 Å². The van der Waals surface area contributed by atoms with E-state index in [0.29, 0.717) is 11.7 Å². The van der Waals surface area contributed by atoms with Gasteiger partial charge < -0.3 is 0 Å². The molecule has 3 nitrogen and oxygen atoms in total. The van der Waals surface area contributed by atoms with E-state index in [0.717, 1.165) is 17.7 Å². The summed E-state index contributed by atoms with van der Waals surface area (Å²) in [5.41, 5.74) is 3.20. The van der Waals surface area contributed by atoms with Crippen molar-refractivity contribution in [2.24, 2.45) is 13.0 Å². The predicted octanol–water partition coefficient (Wildman–Crippen LogP) is 1.67. The third kappa shape index (κ3) is 0.925. The summed E-state index contributed by atoms with van der Waals surface area (Å²) in [6.45, 7) is 2.00. The number of hydrogen-bond acceptors (Lipinski definition) is 2. The molecule has 1 atom stereocenters. The number of fused-ring (bicyclic) bond motifs is 1. The first-order valence-corrected chi connectivity index (χ1v) is 5.28. The molecule has 0 bridgehead atoms. The first-order valence-electron chi connectivity index (χ1n) is 5.28. The minimum Gasteiger partial charge on any atom is -0.294 e. The van der Waals surface area contributed by atoms with Gasteiger partial charge in [-0.05, 0) is 12.8 Å². The van der Waals surface area contributed by atoms with E-state index < -0.39 is 0 Å². The Labute approximate surface area is 83.1 Å². The van der Waals surface area contributed by atoms with E-state index in [9.17, 15) is 4.79 Å². The second kappa shape index (κ2) is 2.47. The van der Waals surface area contributed by atoms with Crippen molar-refractivity contribution < 1.29 is 4.79 Å². The van der Waals surface area contributed by atoms with Gasteiger partial charge in [-0.2, -0.15) is 5.10 Å². The number of hydrogen-bond donors (Lipinski definition) is 0. The Morgan fingerprint density at radius 2 is 2.14 bits per heavy atom. The molecule has 14 heavy (non-hydrogen) atoms. The molecule has 1 heterocycles. The lowest BCUT2D eigenvalue weighted by Gasteiger charge is -2.03. The quantitative estimate of drug-likeness (QED) is 0.675. The number of carbonyl (C=O) groups excluding carboxylic acids is 1. The molecular weight excluding hydrogens is 176 g/mol. The van der Waals surface area contributed by atoms with Crippen molar-refractivity contribution in [1.82, 2.24) is 9.78 Å². The third-order valence-electron chi connectivity index (χ3n) is 3.32.